The molecule has 1 aromatic rings. The first-order chi connectivity index (χ1) is 10.3. The zero-order valence-electron chi connectivity index (χ0n) is 14.1. The van der Waals surface area contributed by atoms with Crippen LogP contribution in [0.25, 0.3) is 0 Å². The van der Waals surface area contributed by atoms with E-state index in [2.05, 4.69) is 5.32 Å². The van der Waals surface area contributed by atoms with Crippen molar-refractivity contribution in [2.24, 2.45) is 5.92 Å². The molecule has 0 aliphatic heterocycles. The highest BCUT2D eigenvalue weighted by Gasteiger charge is 2.23. The maximum Gasteiger partial charge on any atom is 0.242 e. The van der Waals surface area contributed by atoms with E-state index in [1.54, 1.807) is 18.9 Å². The quantitative estimate of drug-likeness (QED) is 0.840. The Morgan fingerprint density at radius 1 is 1.18 bits per heavy atom. The van der Waals surface area contributed by atoms with Crippen LogP contribution in [0.2, 0.25) is 0 Å². The zero-order chi connectivity index (χ0) is 16.7. The highest BCUT2D eigenvalue weighted by Crippen LogP contribution is 2.14. The molecule has 122 valence electrons. The molecule has 2 amide bonds. The Hall–Kier alpha value is -2.04. The number of benzene rings is 1. The van der Waals surface area contributed by atoms with Crippen molar-refractivity contribution >= 4 is 11.8 Å². The third-order valence-corrected chi connectivity index (χ3v) is 3.45. The van der Waals surface area contributed by atoms with Gasteiger partial charge in [0.2, 0.25) is 11.8 Å². The third-order valence-electron chi connectivity index (χ3n) is 3.45. The smallest absolute Gasteiger partial charge is 0.242 e. The molecule has 0 aromatic heterocycles. The fourth-order valence-corrected chi connectivity index (χ4v) is 2.04. The van der Waals surface area contributed by atoms with E-state index in [4.69, 9.17) is 4.74 Å². The lowest BCUT2D eigenvalue weighted by atomic mass is 10.1. The minimum atomic E-state index is -0.502. The Kier molecular flexibility index (Phi) is 6.89. The molecule has 1 aromatic carbocycles. The van der Waals surface area contributed by atoms with Gasteiger partial charge in [0.15, 0.2) is 0 Å². The number of nitrogens with zero attached hydrogens (tertiary/aromatic N) is 1. The summed E-state index contributed by atoms with van der Waals surface area (Å²) in [7, 11) is 1.61. The van der Waals surface area contributed by atoms with Gasteiger partial charge in [0, 0.05) is 20.0 Å². The molecule has 5 nitrogen and oxygen atoms in total. The first-order valence-electron chi connectivity index (χ1n) is 7.53. The van der Waals surface area contributed by atoms with Gasteiger partial charge in [-0.2, -0.15) is 0 Å². The van der Waals surface area contributed by atoms with Crippen LogP contribution in [-0.4, -0.2) is 36.4 Å². The Balaban J connectivity index is 2.75. The fourth-order valence-electron chi connectivity index (χ4n) is 2.04. The zero-order valence-corrected chi connectivity index (χ0v) is 14.1. The van der Waals surface area contributed by atoms with Crippen LogP contribution in [0, 0.1) is 5.92 Å². The molecule has 0 radical (unpaired) electrons. The summed E-state index contributed by atoms with van der Waals surface area (Å²) < 4.78 is 5.12. The van der Waals surface area contributed by atoms with E-state index < -0.39 is 6.04 Å². The normalized spacial score (nSPS) is 11.9. The van der Waals surface area contributed by atoms with E-state index >= 15 is 0 Å². The van der Waals surface area contributed by atoms with Crippen LogP contribution in [0.15, 0.2) is 24.3 Å². The van der Waals surface area contributed by atoms with Crippen LogP contribution in [0.4, 0.5) is 0 Å². The summed E-state index contributed by atoms with van der Waals surface area (Å²) in [6, 6.07) is 6.98. The summed E-state index contributed by atoms with van der Waals surface area (Å²) in [5.41, 5.74) is 0.958. The van der Waals surface area contributed by atoms with Gasteiger partial charge in [0.1, 0.15) is 11.8 Å². The summed E-state index contributed by atoms with van der Waals surface area (Å²) in [6.07, 6.45) is 0. The van der Waals surface area contributed by atoms with E-state index in [0.717, 1.165) is 11.3 Å². The van der Waals surface area contributed by atoms with Crippen molar-refractivity contribution < 1.29 is 14.3 Å². The van der Waals surface area contributed by atoms with Gasteiger partial charge in [-0.25, -0.2) is 0 Å². The first kappa shape index (κ1) is 18.0. The maximum absolute atomic E-state index is 12.2. The summed E-state index contributed by atoms with van der Waals surface area (Å²) >= 11 is 0. The van der Waals surface area contributed by atoms with Crippen molar-refractivity contribution in [3.63, 3.8) is 0 Å². The van der Waals surface area contributed by atoms with Crippen LogP contribution in [0.5, 0.6) is 5.75 Å². The number of hydrogen-bond donors (Lipinski definition) is 1. The minimum Gasteiger partial charge on any atom is -0.497 e. The highest BCUT2D eigenvalue weighted by atomic mass is 16.5. The summed E-state index contributed by atoms with van der Waals surface area (Å²) in [5, 5.41) is 2.87. The van der Waals surface area contributed by atoms with Crippen molar-refractivity contribution in [3.8, 4) is 5.75 Å². The van der Waals surface area contributed by atoms with Gasteiger partial charge in [-0.1, -0.05) is 26.0 Å². The van der Waals surface area contributed by atoms with Gasteiger partial charge < -0.3 is 15.0 Å². The molecule has 0 saturated carbocycles. The van der Waals surface area contributed by atoms with Gasteiger partial charge in [-0.05, 0) is 30.5 Å². The lowest BCUT2D eigenvalue weighted by Crippen LogP contribution is -2.47. The second-order valence-corrected chi connectivity index (χ2v) is 5.81. The molecule has 0 fully saturated rings. The molecule has 5 heteroatoms. The van der Waals surface area contributed by atoms with Crippen LogP contribution < -0.4 is 10.1 Å². The molecular weight excluding hydrogens is 280 g/mol. The number of ether oxygens (including phenoxy) is 1. The average Bonchev–Trinajstić information content (AvgIpc) is 2.49. The number of carbonyl (C=O) groups excluding carboxylic acids is 2. The molecule has 0 heterocycles. The second kappa shape index (κ2) is 8.41. The standard InChI is InChI=1S/C17H26N2O3/c1-12(2)10-18-17(21)13(3)19(14(4)20)11-15-6-8-16(22-5)9-7-15/h6-9,12-13H,10-11H2,1-5H3,(H,18,21). The Bertz CT molecular complexity index is 497. The maximum atomic E-state index is 12.2. The Labute approximate surface area is 132 Å². The second-order valence-electron chi connectivity index (χ2n) is 5.81. The number of hydrogen-bond acceptors (Lipinski definition) is 3. The molecule has 22 heavy (non-hydrogen) atoms. The fraction of sp³-hybridized carbons (Fsp3) is 0.529. The van der Waals surface area contributed by atoms with Crippen LogP contribution in [0.1, 0.15) is 33.3 Å². The number of carbonyl (C=O) groups is 2. The average molecular weight is 306 g/mol. The predicted octanol–water partition coefficient (Wildman–Crippen LogP) is 2.20. The van der Waals surface area contributed by atoms with Gasteiger partial charge in [0.25, 0.3) is 0 Å². The topological polar surface area (TPSA) is 58.6 Å². The largest absolute Gasteiger partial charge is 0.497 e. The molecule has 0 spiro atoms. The number of amides is 2. The summed E-state index contributed by atoms with van der Waals surface area (Å²) in [6.45, 7) is 8.31. The molecule has 1 atom stereocenters. The van der Waals surface area contributed by atoms with E-state index in [9.17, 15) is 9.59 Å². The van der Waals surface area contributed by atoms with Crippen molar-refractivity contribution in [2.75, 3.05) is 13.7 Å². The van der Waals surface area contributed by atoms with Gasteiger partial charge in [-0.15, -0.1) is 0 Å². The van der Waals surface area contributed by atoms with E-state index in [1.165, 1.54) is 6.92 Å². The van der Waals surface area contributed by atoms with Gasteiger partial charge >= 0.3 is 0 Å². The van der Waals surface area contributed by atoms with E-state index in [1.807, 2.05) is 38.1 Å². The van der Waals surface area contributed by atoms with Crippen LogP contribution in [-0.2, 0) is 16.1 Å². The summed E-state index contributed by atoms with van der Waals surface area (Å²) in [4.78, 5) is 25.6. The summed E-state index contributed by atoms with van der Waals surface area (Å²) in [5.74, 6) is 0.893. The molecule has 0 bridgehead atoms. The molecule has 1 N–H and O–H groups in total. The SMILES string of the molecule is COc1ccc(CN(C(C)=O)C(C)C(=O)NCC(C)C)cc1. The molecular formula is C17H26N2O3. The van der Waals surface area contributed by atoms with Crippen molar-refractivity contribution in [1.82, 2.24) is 10.2 Å². The monoisotopic (exact) mass is 306 g/mol. The molecule has 1 unspecified atom stereocenters. The van der Waals surface area contributed by atoms with Crippen LogP contribution >= 0.6 is 0 Å². The van der Waals surface area contributed by atoms with Gasteiger partial charge in [0.05, 0.1) is 7.11 Å². The first-order valence-corrected chi connectivity index (χ1v) is 7.53. The predicted molar refractivity (Wildman–Crippen MR) is 86.5 cm³/mol. The lowest BCUT2D eigenvalue weighted by Gasteiger charge is -2.27. The molecule has 0 aliphatic rings. The Morgan fingerprint density at radius 3 is 2.23 bits per heavy atom. The number of nitrogens with one attached hydrogen (secondary N) is 1. The van der Waals surface area contributed by atoms with E-state index in [0.29, 0.717) is 19.0 Å². The van der Waals surface area contributed by atoms with Gasteiger partial charge in [-0.3, -0.25) is 9.59 Å². The third kappa shape index (κ3) is 5.39. The lowest BCUT2D eigenvalue weighted by molar-refractivity contribution is -0.139. The van der Waals surface area contributed by atoms with E-state index in [-0.39, 0.29) is 11.8 Å². The van der Waals surface area contributed by atoms with Crippen LogP contribution in [0.3, 0.4) is 0 Å². The molecule has 1 rings (SSSR count). The number of rotatable bonds is 7. The molecule has 0 saturated heterocycles. The molecule has 0 aliphatic carbocycles. The number of methoxy groups -OCH3 is 1. The van der Waals surface area contributed by atoms with Crippen molar-refractivity contribution in [3.05, 3.63) is 29.8 Å². The van der Waals surface area contributed by atoms with Crippen molar-refractivity contribution in [2.45, 2.75) is 40.3 Å². The minimum absolute atomic E-state index is 0.122. The highest BCUT2D eigenvalue weighted by molar-refractivity contribution is 5.86. The van der Waals surface area contributed by atoms with Crippen molar-refractivity contribution in [1.29, 1.82) is 0 Å². The Morgan fingerprint density at radius 2 is 1.77 bits per heavy atom.